The van der Waals surface area contributed by atoms with Gasteiger partial charge in [0, 0.05) is 28.8 Å². The number of hydrogen-bond donors (Lipinski definition) is 2. The summed E-state index contributed by atoms with van der Waals surface area (Å²) in [7, 11) is 3.21. The summed E-state index contributed by atoms with van der Waals surface area (Å²) in [6.07, 6.45) is 0. The molecule has 6 nitrogen and oxygen atoms in total. The molecule has 0 saturated carbocycles. The number of hydrogen-bond acceptors (Lipinski definition) is 6. The molecular weight excluding hydrogens is 446 g/mol. The Morgan fingerprint density at radius 3 is 2.38 bits per heavy atom. The van der Waals surface area contributed by atoms with E-state index in [0.717, 1.165) is 27.9 Å². The van der Waals surface area contributed by atoms with Gasteiger partial charge in [-0.2, -0.15) is 0 Å². The van der Waals surface area contributed by atoms with E-state index in [4.69, 9.17) is 14.5 Å². The SMILES string of the molecule is COc1ccc([C@H]2N=C(SCc3ccccc3)NC(C)=C2C(=O)Nc2ccccc2)c(OC)c1. The lowest BCUT2D eigenvalue weighted by Gasteiger charge is -2.27. The molecule has 0 aromatic heterocycles. The molecule has 2 N–H and O–H groups in total. The molecule has 3 aromatic carbocycles. The topological polar surface area (TPSA) is 72.0 Å². The number of aliphatic imine (C=N–C) groups is 1. The first-order chi connectivity index (χ1) is 16.6. The van der Waals surface area contributed by atoms with Crippen LogP contribution in [0, 0.1) is 0 Å². The molecule has 1 amide bonds. The quantitative estimate of drug-likeness (QED) is 0.471. The molecule has 174 valence electrons. The zero-order chi connectivity index (χ0) is 23.9. The second-order valence-corrected chi connectivity index (χ2v) is 8.67. The van der Waals surface area contributed by atoms with Crippen molar-refractivity contribution in [2.45, 2.75) is 18.7 Å². The second-order valence-electron chi connectivity index (χ2n) is 7.70. The Kier molecular flexibility index (Phi) is 7.54. The van der Waals surface area contributed by atoms with Gasteiger partial charge >= 0.3 is 0 Å². The van der Waals surface area contributed by atoms with Crippen LogP contribution in [0.2, 0.25) is 0 Å². The van der Waals surface area contributed by atoms with Gasteiger partial charge in [-0.15, -0.1) is 0 Å². The molecule has 0 radical (unpaired) electrons. The summed E-state index contributed by atoms with van der Waals surface area (Å²) in [5.74, 6) is 1.83. The third-order valence-electron chi connectivity index (χ3n) is 5.45. The highest BCUT2D eigenvalue weighted by Gasteiger charge is 2.31. The average molecular weight is 474 g/mol. The van der Waals surface area contributed by atoms with Crippen LogP contribution in [0.4, 0.5) is 5.69 Å². The maximum Gasteiger partial charge on any atom is 0.255 e. The number of para-hydroxylation sites is 1. The molecule has 0 aliphatic carbocycles. The van der Waals surface area contributed by atoms with Crippen LogP contribution in [0.15, 0.2) is 95.1 Å². The third-order valence-corrected chi connectivity index (χ3v) is 6.41. The van der Waals surface area contributed by atoms with Gasteiger partial charge in [-0.25, -0.2) is 4.99 Å². The first kappa shape index (κ1) is 23.4. The minimum absolute atomic E-state index is 0.213. The number of benzene rings is 3. The smallest absolute Gasteiger partial charge is 0.255 e. The van der Waals surface area contributed by atoms with Crippen LogP contribution in [0.25, 0.3) is 0 Å². The lowest BCUT2D eigenvalue weighted by atomic mass is 9.95. The minimum atomic E-state index is -0.538. The number of rotatable bonds is 7. The number of nitrogens with one attached hydrogen (secondary N) is 2. The van der Waals surface area contributed by atoms with Crippen molar-refractivity contribution in [1.29, 1.82) is 0 Å². The molecule has 0 bridgehead atoms. The Bertz CT molecular complexity index is 1210. The molecule has 3 aromatic rings. The Morgan fingerprint density at radius 1 is 1.00 bits per heavy atom. The van der Waals surface area contributed by atoms with E-state index >= 15 is 0 Å². The molecule has 4 rings (SSSR count). The van der Waals surface area contributed by atoms with Crippen LogP contribution in [0.1, 0.15) is 24.1 Å². The number of carbonyl (C=O) groups excluding carboxylic acids is 1. The largest absolute Gasteiger partial charge is 0.497 e. The summed E-state index contributed by atoms with van der Waals surface area (Å²) < 4.78 is 11.0. The Balaban J connectivity index is 1.69. The molecule has 1 aliphatic heterocycles. The number of thioether (sulfide) groups is 1. The van der Waals surface area contributed by atoms with Crippen LogP contribution >= 0.6 is 11.8 Å². The first-order valence-corrected chi connectivity index (χ1v) is 11.9. The van der Waals surface area contributed by atoms with Gasteiger partial charge in [0.15, 0.2) is 5.17 Å². The molecule has 7 heteroatoms. The fourth-order valence-electron chi connectivity index (χ4n) is 3.73. The minimum Gasteiger partial charge on any atom is -0.497 e. The molecular formula is C27H27N3O3S. The molecule has 1 atom stereocenters. The van der Waals surface area contributed by atoms with Crippen molar-refractivity contribution in [2.24, 2.45) is 4.99 Å². The van der Waals surface area contributed by atoms with Gasteiger partial charge in [0.1, 0.15) is 17.5 Å². The van der Waals surface area contributed by atoms with E-state index in [1.165, 1.54) is 5.56 Å². The number of methoxy groups -OCH3 is 2. The second kappa shape index (κ2) is 10.9. The van der Waals surface area contributed by atoms with Crippen molar-refractivity contribution in [3.63, 3.8) is 0 Å². The van der Waals surface area contributed by atoms with Crippen molar-refractivity contribution in [3.8, 4) is 11.5 Å². The number of allylic oxidation sites excluding steroid dienone is 1. The summed E-state index contributed by atoms with van der Waals surface area (Å²) in [5.41, 5.74) is 4.00. The number of carbonyl (C=O) groups is 1. The molecule has 0 unspecified atom stereocenters. The predicted octanol–water partition coefficient (Wildman–Crippen LogP) is 5.55. The van der Waals surface area contributed by atoms with Crippen LogP contribution in [0.3, 0.4) is 0 Å². The molecule has 1 heterocycles. The maximum atomic E-state index is 13.4. The predicted molar refractivity (Wildman–Crippen MR) is 138 cm³/mol. The number of amides is 1. The van der Waals surface area contributed by atoms with Gasteiger partial charge in [-0.05, 0) is 36.8 Å². The summed E-state index contributed by atoms with van der Waals surface area (Å²) in [6.45, 7) is 1.90. The lowest BCUT2D eigenvalue weighted by molar-refractivity contribution is -0.113. The molecule has 34 heavy (non-hydrogen) atoms. The third kappa shape index (κ3) is 5.43. The number of ether oxygens (including phenoxy) is 2. The average Bonchev–Trinajstić information content (AvgIpc) is 2.87. The molecule has 0 spiro atoms. The van der Waals surface area contributed by atoms with E-state index in [1.54, 1.807) is 26.0 Å². The summed E-state index contributed by atoms with van der Waals surface area (Å²) in [5, 5.41) is 7.08. The Hall–Kier alpha value is -3.71. The highest BCUT2D eigenvalue weighted by Crippen LogP contribution is 2.39. The highest BCUT2D eigenvalue weighted by molar-refractivity contribution is 8.13. The molecule has 1 aliphatic rings. The molecule has 0 fully saturated rings. The Morgan fingerprint density at radius 2 is 1.71 bits per heavy atom. The van der Waals surface area contributed by atoms with Crippen molar-refractivity contribution in [2.75, 3.05) is 19.5 Å². The first-order valence-electron chi connectivity index (χ1n) is 10.9. The van der Waals surface area contributed by atoms with Gasteiger partial charge in [-0.1, -0.05) is 60.3 Å². The zero-order valence-corrected chi connectivity index (χ0v) is 20.2. The van der Waals surface area contributed by atoms with Gasteiger partial charge in [0.2, 0.25) is 0 Å². The van der Waals surface area contributed by atoms with E-state index in [-0.39, 0.29) is 5.91 Å². The number of nitrogens with zero attached hydrogens (tertiary/aromatic N) is 1. The molecule has 0 saturated heterocycles. The summed E-state index contributed by atoms with van der Waals surface area (Å²) >= 11 is 1.60. The summed E-state index contributed by atoms with van der Waals surface area (Å²) in [4.78, 5) is 18.4. The van der Waals surface area contributed by atoms with E-state index in [9.17, 15) is 4.79 Å². The van der Waals surface area contributed by atoms with Crippen LogP contribution in [-0.2, 0) is 10.5 Å². The fraction of sp³-hybridized carbons (Fsp3) is 0.185. The van der Waals surface area contributed by atoms with Gasteiger partial charge in [0.25, 0.3) is 5.91 Å². The zero-order valence-electron chi connectivity index (χ0n) is 19.4. The summed E-state index contributed by atoms with van der Waals surface area (Å²) in [6, 6.07) is 24.6. The standard InChI is InChI=1S/C27H27N3O3S/c1-18-24(26(31)29-20-12-8-5-9-13-20)25(22-15-14-21(32-2)16-23(22)33-3)30-27(28-18)34-17-19-10-6-4-7-11-19/h4-16,25H,17H2,1-3H3,(H,28,30)(H,29,31)/t25-/m1/s1. The van der Waals surface area contributed by atoms with Crippen molar-refractivity contribution in [1.82, 2.24) is 5.32 Å². The Labute approximate surface area is 204 Å². The van der Waals surface area contributed by atoms with Gasteiger partial charge in [0.05, 0.1) is 19.8 Å². The number of anilines is 1. The van der Waals surface area contributed by atoms with Crippen molar-refractivity contribution >= 4 is 28.5 Å². The highest BCUT2D eigenvalue weighted by atomic mass is 32.2. The lowest BCUT2D eigenvalue weighted by Crippen LogP contribution is -2.32. The monoisotopic (exact) mass is 473 g/mol. The van der Waals surface area contributed by atoms with E-state index in [0.29, 0.717) is 17.1 Å². The van der Waals surface area contributed by atoms with Gasteiger partial charge in [-0.3, -0.25) is 4.79 Å². The van der Waals surface area contributed by atoms with Crippen LogP contribution in [0.5, 0.6) is 11.5 Å². The van der Waals surface area contributed by atoms with E-state index in [1.807, 2.05) is 73.7 Å². The van der Waals surface area contributed by atoms with E-state index in [2.05, 4.69) is 22.8 Å². The van der Waals surface area contributed by atoms with Crippen LogP contribution < -0.4 is 20.1 Å². The van der Waals surface area contributed by atoms with Crippen LogP contribution in [-0.4, -0.2) is 25.3 Å². The van der Waals surface area contributed by atoms with Gasteiger partial charge < -0.3 is 20.1 Å². The maximum absolute atomic E-state index is 13.4. The van der Waals surface area contributed by atoms with Crippen molar-refractivity contribution in [3.05, 3.63) is 101 Å². The van der Waals surface area contributed by atoms with Crippen molar-refractivity contribution < 1.29 is 14.3 Å². The normalized spacial score (nSPS) is 15.3. The fourth-order valence-corrected chi connectivity index (χ4v) is 4.63. The number of amidine groups is 1. The van der Waals surface area contributed by atoms with E-state index < -0.39 is 6.04 Å².